The average Bonchev–Trinajstić information content (AvgIpc) is 2.85. The first kappa shape index (κ1) is 30.5. The van der Waals surface area contributed by atoms with Crippen molar-refractivity contribution >= 4 is 6.09 Å². The number of amides is 1. The van der Waals surface area contributed by atoms with Crippen LogP contribution in [-0.2, 0) is 4.74 Å². The summed E-state index contributed by atoms with van der Waals surface area (Å²) in [5.74, 6) is 5.56. The number of allylic oxidation sites excluding steroid dienone is 1. The van der Waals surface area contributed by atoms with E-state index >= 15 is 0 Å². The standard InChI is InChI=1S/C33H60N2O2/c1-9-25(22(3)4)12-11-23(5)29(10-2)32(7)18-16-30-28(24(32)6)14-13-26-21-27(15-17-33(26,30)8)37-31(36)35-20-19-34/h13,22-25,27-30H,9-12,14-21,34H2,1-8H3,(H,35,36)/t23-,24+,25?,27+,28+,29-,30+,32+,33+/m1/s1. The van der Waals surface area contributed by atoms with Gasteiger partial charge >= 0.3 is 6.09 Å². The minimum Gasteiger partial charge on any atom is -0.446 e. The molecule has 3 aliphatic carbocycles. The molecule has 0 heterocycles. The highest BCUT2D eigenvalue weighted by Gasteiger charge is 2.55. The number of nitrogens with two attached hydrogens (primary N) is 1. The maximum absolute atomic E-state index is 12.1. The minimum absolute atomic E-state index is 0.00281. The van der Waals surface area contributed by atoms with E-state index in [1.807, 2.05) is 0 Å². The molecule has 3 aliphatic rings. The second-order valence-electron chi connectivity index (χ2n) is 14.0. The molecule has 3 N–H and O–H groups in total. The van der Waals surface area contributed by atoms with E-state index in [1.54, 1.807) is 5.57 Å². The summed E-state index contributed by atoms with van der Waals surface area (Å²) in [5.41, 5.74) is 7.77. The minimum atomic E-state index is -0.311. The zero-order chi connectivity index (χ0) is 27.4. The maximum atomic E-state index is 12.1. The lowest BCUT2D eigenvalue weighted by molar-refractivity contribution is -0.0814. The summed E-state index contributed by atoms with van der Waals surface area (Å²) in [5, 5.41) is 2.76. The van der Waals surface area contributed by atoms with Crippen molar-refractivity contribution in [3.63, 3.8) is 0 Å². The van der Waals surface area contributed by atoms with E-state index in [1.165, 1.54) is 44.9 Å². The van der Waals surface area contributed by atoms with Crippen LogP contribution in [0, 0.1) is 52.3 Å². The molecule has 4 heteroatoms. The Morgan fingerprint density at radius 2 is 1.86 bits per heavy atom. The number of hydrogen-bond acceptors (Lipinski definition) is 3. The van der Waals surface area contributed by atoms with Gasteiger partial charge in [-0.15, -0.1) is 0 Å². The predicted molar refractivity (Wildman–Crippen MR) is 156 cm³/mol. The second-order valence-corrected chi connectivity index (χ2v) is 14.0. The number of ether oxygens (including phenoxy) is 1. The summed E-state index contributed by atoms with van der Waals surface area (Å²) in [4.78, 5) is 12.1. The van der Waals surface area contributed by atoms with Gasteiger partial charge in [-0.3, -0.25) is 0 Å². The Kier molecular flexibility index (Phi) is 10.6. The highest BCUT2D eigenvalue weighted by Crippen LogP contribution is 2.63. The van der Waals surface area contributed by atoms with Gasteiger partial charge < -0.3 is 15.8 Å². The summed E-state index contributed by atoms with van der Waals surface area (Å²) < 4.78 is 5.77. The SMILES string of the molecule is CCC(CC[C@@H](C)[C@@H](CC)[C@@]1(C)CC[C@H]2[C@@H](CC=C3C[C@@H](OC(=O)NCCN)CC[C@@]32C)[C@@H]1C)C(C)C. The van der Waals surface area contributed by atoms with E-state index in [-0.39, 0.29) is 17.6 Å². The van der Waals surface area contributed by atoms with Crippen LogP contribution < -0.4 is 11.1 Å². The lowest BCUT2D eigenvalue weighted by atomic mass is 9.45. The number of nitrogens with one attached hydrogen (secondary N) is 1. The number of alkyl carbamates (subject to hydrolysis) is 1. The Balaban J connectivity index is 1.69. The van der Waals surface area contributed by atoms with Gasteiger partial charge in [0.25, 0.3) is 0 Å². The van der Waals surface area contributed by atoms with Crippen LogP contribution in [0.15, 0.2) is 11.6 Å². The number of carbonyl (C=O) groups is 1. The fourth-order valence-electron chi connectivity index (χ4n) is 9.32. The van der Waals surface area contributed by atoms with Crippen LogP contribution in [0.25, 0.3) is 0 Å². The van der Waals surface area contributed by atoms with Gasteiger partial charge in [0, 0.05) is 19.5 Å². The van der Waals surface area contributed by atoms with Gasteiger partial charge in [-0.25, -0.2) is 4.79 Å². The summed E-state index contributed by atoms with van der Waals surface area (Å²) in [6.45, 7) is 20.9. The monoisotopic (exact) mass is 516 g/mol. The molecule has 0 aromatic heterocycles. The first-order valence-electron chi connectivity index (χ1n) is 15.9. The van der Waals surface area contributed by atoms with Crippen LogP contribution in [0.1, 0.15) is 120 Å². The van der Waals surface area contributed by atoms with Crippen molar-refractivity contribution < 1.29 is 9.53 Å². The predicted octanol–water partition coefficient (Wildman–Crippen LogP) is 8.35. The van der Waals surface area contributed by atoms with E-state index < -0.39 is 0 Å². The third kappa shape index (κ3) is 6.42. The number of fused-ring (bicyclic) bond motifs is 3. The molecular formula is C33H60N2O2. The summed E-state index contributed by atoms with van der Waals surface area (Å²) in [7, 11) is 0. The molecule has 1 unspecified atom stereocenters. The first-order valence-corrected chi connectivity index (χ1v) is 15.9. The van der Waals surface area contributed by atoms with Crippen molar-refractivity contribution in [3.8, 4) is 0 Å². The molecule has 9 atom stereocenters. The van der Waals surface area contributed by atoms with Crippen molar-refractivity contribution in [2.24, 2.45) is 58.0 Å². The Bertz CT molecular complexity index is 778. The molecule has 0 spiro atoms. The summed E-state index contributed by atoms with van der Waals surface area (Å²) in [6, 6.07) is 0. The van der Waals surface area contributed by atoms with E-state index in [2.05, 4.69) is 66.8 Å². The van der Waals surface area contributed by atoms with E-state index in [4.69, 9.17) is 10.5 Å². The smallest absolute Gasteiger partial charge is 0.407 e. The Labute approximate surface area is 229 Å². The molecule has 37 heavy (non-hydrogen) atoms. The van der Waals surface area contributed by atoms with Gasteiger partial charge in [0.15, 0.2) is 0 Å². The van der Waals surface area contributed by atoms with Crippen LogP contribution in [0.3, 0.4) is 0 Å². The lowest BCUT2D eigenvalue weighted by Crippen LogP contribution is -2.52. The molecule has 0 saturated heterocycles. The Morgan fingerprint density at radius 3 is 2.49 bits per heavy atom. The van der Waals surface area contributed by atoms with Crippen molar-refractivity contribution in [3.05, 3.63) is 11.6 Å². The molecule has 4 nitrogen and oxygen atoms in total. The molecule has 0 aromatic carbocycles. The van der Waals surface area contributed by atoms with Gasteiger partial charge in [0.1, 0.15) is 6.10 Å². The van der Waals surface area contributed by atoms with Crippen molar-refractivity contribution in [2.75, 3.05) is 13.1 Å². The van der Waals surface area contributed by atoms with Gasteiger partial charge in [0.2, 0.25) is 0 Å². The number of carbonyl (C=O) groups excluding carboxylic acids is 1. The van der Waals surface area contributed by atoms with Crippen molar-refractivity contribution in [1.29, 1.82) is 0 Å². The molecular weight excluding hydrogens is 456 g/mol. The van der Waals surface area contributed by atoms with Crippen LogP contribution >= 0.6 is 0 Å². The quantitative estimate of drug-likeness (QED) is 0.271. The lowest BCUT2D eigenvalue weighted by Gasteiger charge is -2.60. The number of rotatable bonds is 11. The molecule has 3 rings (SSSR count). The molecule has 0 radical (unpaired) electrons. The van der Waals surface area contributed by atoms with Gasteiger partial charge in [0.05, 0.1) is 0 Å². The Hall–Kier alpha value is -1.03. The maximum Gasteiger partial charge on any atom is 0.407 e. The fraction of sp³-hybridized carbons (Fsp3) is 0.909. The molecule has 1 amide bonds. The topological polar surface area (TPSA) is 64.3 Å². The first-order chi connectivity index (χ1) is 17.5. The summed E-state index contributed by atoms with van der Waals surface area (Å²) in [6.07, 6.45) is 14.6. The van der Waals surface area contributed by atoms with Crippen LogP contribution in [-0.4, -0.2) is 25.3 Å². The third-order valence-electron chi connectivity index (χ3n) is 11.9. The fourth-order valence-corrected chi connectivity index (χ4v) is 9.32. The average molecular weight is 517 g/mol. The highest BCUT2D eigenvalue weighted by molar-refractivity contribution is 5.67. The zero-order valence-electron chi connectivity index (χ0n) is 25.6. The molecule has 0 aromatic rings. The normalized spacial score (nSPS) is 36.1. The van der Waals surface area contributed by atoms with Crippen molar-refractivity contribution in [1.82, 2.24) is 5.32 Å². The van der Waals surface area contributed by atoms with Gasteiger partial charge in [-0.1, -0.05) is 86.3 Å². The zero-order valence-corrected chi connectivity index (χ0v) is 25.6. The molecule has 0 aliphatic heterocycles. The van der Waals surface area contributed by atoms with E-state index in [0.717, 1.165) is 60.7 Å². The molecule has 0 bridgehead atoms. The largest absolute Gasteiger partial charge is 0.446 e. The van der Waals surface area contributed by atoms with E-state index in [0.29, 0.717) is 18.5 Å². The van der Waals surface area contributed by atoms with Gasteiger partial charge in [-0.2, -0.15) is 0 Å². The molecule has 214 valence electrons. The van der Waals surface area contributed by atoms with Crippen molar-refractivity contribution in [2.45, 2.75) is 126 Å². The van der Waals surface area contributed by atoms with E-state index in [9.17, 15) is 4.79 Å². The van der Waals surface area contributed by atoms with Gasteiger partial charge in [-0.05, 0) is 90.8 Å². The van der Waals surface area contributed by atoms with Crippen LogP contribution in [0.2, 0.25) is 0 Å². The summed E-state index contributed by atoms with van der Waals surface area (Å²) >= 11 is 0. The van der Waals surface area contributed by atoms with Crippen LogP contribution in [0.4, 0.5) is 4.79 Å². The molecule has 2 saturated carbocycles. The second kappa shape index (κ2) is 12.9. The third-order valence-corrected chi connectivity index (χ3v) is 11.9. The van der Waals surface area contributed by atoms with Crippen LogP contribution in [0.5, 0.6) is 0 Å². The molecule has 2 fully saturated rings. The highest BCUT2D eigenvalue weighted by atomic mass is 16.6. The number of hydrogen-bond donors (Lipinski definition) is 2. The Morgan fingerprint density at radius 1 is 1.14 bits per heavy atom.